The van der Waals surface area contributed by atoms with E-state index >= 15 is 4.39 Å². The van der Waals surface area contributed by atoms with Crippen LogP contribution in [0.4, 0.5) is 32.9 Å². The summed E-state index contributed by atoms with van der Waals surface area (Å²) in [6.45, 7) is 5.54. The summed E-state index contributed by atoms with van der Waals surface area (Å²) >= 11 is 0.833. The van der Waals surface area contributed by atoms with Crippen molar-refractivity contribution in [2.45, 2.75) is 63.5 Å². The van der Waals surface area contributed by atoms with Crippen LogP contribution < -0.4 is 20.1 Å². The summed E-state index contributed by atoms with van der Waals surface area (Å²) in [5.74, 6) is -2.33. The second kappa shape index (κ2) is 12.5. The quantitative estimate of drug-likeness (QED) is 0.176. The molecule has 4 atom stereocenters. The van der Waals surface area contributed by atoms with Crippen LogP contribution in [-0.4, -0.2) is 93.9 Å². The number of nitrogens with two attached hydrogens (primary N) is 1. The maximum atomic E-state index is 17.1. The number of benzene rings is 2. The van der Waals surface area contributed by atoms with Crippen molar-refractivity contribution in [3.63, 3.8) is 0 Å². The zero-order valence-corrected chi connectivity index (χ0v) is 27.6. The number of ether oxygens (including phenoxy) is 2. The normalized spacial score (nSPS) is 24.3. The van der Waals surface area contributed by atoms with Gasteiger partial charge < -0.3 is 25.0 Å². The van der Waals surface area contributed by atoms with Crippen molar-refractivity contribution in [2.75, 3.05) is 43.4 Å². The lowest BCUT2D eigenvalue weighted by atomic mass is 9.95. The summed E-state index contributed by atoms with van der Waals surface area (Å²) in [7, 11) is 0. The summed E-state index contributed by atoms with van der Waals surface area (Å²) < 4.78 is 85.3. The highest BCUT2D eigenvalue weighted by molar-refractivity contribution is 7.22. The van der Waals surface area contributed by atoms with Crippen molar-refractivity contribution in [2.24, 2.45) is 0 Å². The molecule has 2 N–H and O–H groups in total. The molecule has 2 aromatic carbocycles. The average molecular weight is 704 g/mol. The Morgan fingerprint density at radius 1 is 1.16 bits per heavy atom. The molecular weight excluding hydrogens is 669 g/mol. The van der Waals surface area contributed by atoms with E-state index in [0.717, 1.165) is 30.4 Å². The molecule has 0 spiro atoms. The summed E-state index contributed by atoms with van der Waals surface area (Å²) in [5, 5.41) is 0.0485. The third-order valence-electron chi connectivity index (χ3n) is 9.80. The molecule has 16 heteroatoms. The van der Waals surface area contributed by atoms with Gasteiger partial charge in [0.25, 0.3) is 0 Å². The number of piperazine rings is 1. The van der Waals surface area contributed by atoms with E-state index in [1.54, 1.807) is 4.90 Å². The number of halogens is 5. The Balaban J connectivity index is 1.41. The van der Waals surface area contributed by atoms with Crippen molar-refractivity contribution in [1.29, 1.82) is 0 Å². The Morgan fingerprint density at radius 3 is 2.71 bits per heavy atom. The molecule has 3 fully saturated rings. The highest BCUT2D eigenvalue weighted by Crippen LogP contribution is 2.45. The number of amides is 1. The fourth-order valence-corrected chi connectivity index (χ4v) is 8.34. The molecule has 7 rings (SSSR count). The van der Waals surface area contributed by atoms with Crippen LogP contribution in [0.1, 0.15) is 33.1 Å². The van der Waals surface area contributed by atoms with Crippen molar-refractivity contribution in [1.82, 2.24) is 24.8 Å². The smallest absolute Gasteiger partial charge is 0.387 e. The van der Waals surface area contributed by atoms with Crippen molar-refractivity contribution >= 4 is 49.3 Å². The third-order valence-corrected chi connectivity index (χ3v) is 10.7. The first-order valence-electron chi connectivity index (χ1n) is 15.9. The summed E-state index contributed by atoms with van der Waals surface area (Å²) in [6.07, 6.45) is 2.10. The molecule has 4 aromatic rings. The zero-order valence-electron chi connectivity index (χ0n) is 26.8. The van der Waals surface area contributed by atoms with Gasteiger partial charge in [0.15, 0.2) is 10.9 Å². The molecule has 5 heterocycles. The number of thiazole rings is 1. The fourth-order valence-electron chi connectivity index (χ4n) is 7.58. The van der Waals surface area contributed by atoms with E-state index in [4.69, 9.17) is 15.2 Å². The van der Waals surface area contributed by atoms with E-state index in [1.165, 1.54) is 18.2 Å². The van der Waals surface area contributed by atoms with Gasteiger partial charge in [0.1, 0.15) is 35.7 Å². The standard InChI is InChI=1S/C33H34F5N7O3S/c1-4-23(46)44-12-17(3)45(13-16(44)2)29-20-10-22(48-30(37)38)24(19-6-7-21(35)28-27(19)40-31(39)49-28)25(36)26(20)41-32(42-29)47-15-33-8-5-9-43(33)14-18(34)11-33/h4,6-7,10,16-18,30H,1,5,8-9,11-15H2,2-3H3,(H2,39,40). The van der Waals surface area contributed by atoms with Crippen LogP contribution in [0.3, 0.4) is 0 Å². The number of hydrogen-bond acceptors (Lipinski definition) is 10. The minimum atomic E-state index is -3.34. The van der Waals surface area contributed by atoms with Gasteiger partial charge in [-0.25, -0.2) is 18.2 Å². The first-order valence-corrected chi connectivity index (χ1v) is 16.8. The van der Waals surface area contributed by atoms with E-state index in [0.29, 0.717) is 13.0 Å². The topological polar surface area (TPSA) is 110 Å². The SMILES string of the molecule is C=CC(=O)N1CC(C)N(c2nc(OCC34CCCN3CC(F)C4)nc3c(F)c(-c4ccc(F)c5sc(N)nc45)c(OC(F)F)cc23)CC1C. The molecule has 0 bridgehead atoms. The second-order valence-corrected chi connectivity index (χ2v) is 13.9. The number of nitrogens with zero attached hydrogens (tertiary/aromatic N) is 6. The lowest BCUT2D eigenvalue weighted by Crippen LogP contribution is -2.58. The highest BCUT2D eigenvalue weighted by Gasteiger charge is 2.49. The van der Waals surface area contributed by atoms with Crippen LogP contribution in [0.2, 0.25) is 0 Å². The molecule has 49 heavy (non-hydrogen) atoms. The number of nitrogen functional groups attached to an aromatic ring is 1. The lowest BCUT2D eigenvalue weighted by Gasteiger charge is -2.44. The van der Waals surface area contributed by atoms with Crippen LogP contribution >= 0.6 is 11.3 Å². The molecule has 0 radical (unpaired) electrons. The van der Waals surface area contributed by atoms with E-state index in [9.17, 15) is 22.4 Å². The minimum absolute atomic E-state index is 0.000814. The number of fused-ring (bicyclic) bond motifs is 3. The minimum Gasteiger partial charge on any atom is -0.461 e. The summed E-state index contributed by atoms with van der Waals surface area (Å²) in [5.41, 5.74) is 4.57. The van der Waals surface area contributed by atoms with Gasteiger partial charge in [0.2, 0.25) is 5.91 Å². The van der Waals surface area contributed by atoms with Gasteiger partial charge in [-0.15, -0.1) is 0 Å². The van der Waals surface area contributed by atoms with Gasteiger partial charge in [0, 0.05) is 49.1 Å². The van der Waals surface area contributed by atoms with E-state index in [1.807, 2.05) is 18.7 Å². The lowest BCUT2D eigenvalue weighted by molar-refractivity contribution is -0.128. The van der Waals surface area contributed by atoms with Crippen molar-refractivity contribution in [3.8, 4) is 22.9 Å². The molecule has 4 unspecified atom stereocenters. The Kier molecular flexibility index (Phi) is 8.49. The largest absolute Gasteiger partial charge is 0.461 e. The fraction of sp³-hybridized carbons (Fsp3) is 0.455. The maximum absolute atomic E-state index is 17.1. The molecular formula is C33H34F5N7O3S. The van der Waals surface area contributed by atoms with Gasteiger partial charge in [-0.1, -0.05) is 17.9 Å². The molecule has 0 saturated carbocycles. The number of aromatic nitrogens is 3. The van der Waals surface area contributed by atoms with Crippen LogP contribution in [0.15, 0.2) is 30.9 Å². The van der Waals surface area contributed by atoms with Crippen LogP contribution in [-0.2, 0) is 4.79 Å². The van der Waals surface area contributed by atoms with Gasteiger partial charge in [-0.2, -0.15) is 18.7 Å². The van der Waals surface area contributed by atoms with Gasteiger partial charge in [-0.3, -0.25) is 9.69 Å². The number of carbonyl (C=O) groups is 1. The number of rotatable bonds is 8. The van der Waals surface area contributed by atoms with Crippen LogP contribution in [0.5, 0.6) is 11.8 Å². The molecule has 3 saturated heterocycles. The molecule has 10 nitrogen and oxygen atoms in total. The second-order valence-electron chi connectivity index (χ2n) is 12.9. The predicted octanol–water partition coefficient (Wildman–Crippen LogP) is 5.94. The number of carbonyl (C=O) groups excluding carboxylic acids is 1. The Bertz CT molecular complexity index is 1960. The van der Waals surface area contributed by atoms with Crippen molar-refractivity contribution in [3.05, 3.63) is 42.5 Å². The highest BCUT2D eigenvalue weighted by atomic mass is 32.1. The Hall–Kier alpha value is -4.31. The monoisotopic (exact) mass is 703 g/mol. The first-order chi connectivity index (χ1) is 23.4. The van der Waals surface area contributed by atoms with E-state index in [2.05, 4.69) is 26.4 Å². The molecule has 2 aromatic heterocycles. The van der Waals surface area contributed by atoms with Crippen LogP contribution in [0, 0.1) is 11.6 Å². The van der Waals surface area contributed by atoms with Gasteiger partial charge in [-0.05, 0) is 57.5 Å². The zero-order chi connectivity index (χ0) is 34.8. The van der Waals surface area contributed by atoms with Crippen LogP contribution in [0.25, 0.3) is 32.2 Å². The molecule has 1 amide bonds. The Morgan fingerprint density at radius 2 is 1.96 bits per heavy atom. The average Bonchev–Trinajstić information content (AvgIpc) is 3.73. The first kappa shape index (κ1) is 33.2. The number of anilines is 2. The molecule has 0 aliphatic carbocycles. The predicted molar refractivity (Wildman–Crippen MR) is 176 cm³/mol. The summed E-state index contributed by atoms with van der Waals surface area (Å²) in [4.78, 5) is 31.4. The van der Waals surface area contributed by atoms with E-state index in [-0.39, 0.29) is 87.8 Å². The maximum Gasteiger partial charge on any atom is 0.387 e. The Labute approximate surface area is 282 Å². The number of alkyl halides is 3. The summed E-state index contributed by atoms with van der Waals surface area (Å²) in [6, 6.07) is 2.64. The van der Waals surface area contributed by atoms with E-state index < -0.39 is 41.3 Å². The number of hydrogen-bond donors (Lipinski definition) is 1. The van der Waals surface area contributed by atoms with Crippen molar-refractivity contribution < 1.29 is 36.2 Å². The molecule has 260 valence electrons. The molecule has 3 aliphatic rings. The van der Waals surface area contributed by atoms with Gasteiger partial charge in [0.05, 0.1) is 21.3 Å². The third kappa shape index (κ3) is 5.77. The molecule has 3 aliphatic heterocycles. The van der Waals surface area contributed by atoms with Gasteiger partial charge >= 0.3 is 12.6 Å².